The first kappa shape index (κ1) is 24.7. The second kappa shape index (κ2) is 9.67. The van der Waals surface area contributed by atoms with Gasteiger partial charge in [0.05, 0.1) is 11.1 Å². The van der Waals surface area contributed by atoms with Crippen molar-refractivity contribution in [2.24, 2.45) is 0 Å². The number of nitrogens with one attached hydrogen (secondary N) is 2. The number of ether oxygens (including phenoxy) is 1. The Balaban J connectivity index is 1.44. The molecule has 2 fully saturated rings. The fourth-order valence-electron chi connectivity index (χ4n) is 4.90. The van der Waals surface area contributed by atoms with E-state index < -0.39 is 35.3 Å². The quantitative estimate of drug-likeness (QED) is 0.616. The Kier molecular flexibility index (Phi) is 6.82. The molecule has 0 bridgehead atoms. The first-order chi connectivity index (χ1) is 16.6. The van der Waals surface area contributed by atoms with Crippen LogP contribution in [-0.4, -0.2) is 70.3 Å². The first-order valence-electron chi connectivity index (χ1n) is 12.1. The molecule has 2 atom stereocenters. The molecule has 0 spiro atoms. The number of hydrogen-bond acceptors (Lipinski definition) is 7. The molecule has 188 valence electrons. The maximum absolute atomic E-state index is 13.2. The number of fused-ring (bicyclic) bond motifs is 1. The third-order valence-corrected chi connectivity index (χ3v) is 6.52. The molecule has 0 radical (unpaired) electrons. The molecule has 10 nitrogen and oxygen atoms in total. The van der Waals surface area contributed by atoms with E-state index in [0.29, 0.717) is 25.2 Å². The van der Waals surface area contributed by atoms with Gasteiger partial charge in [0, 0.05) is 31.2 Å². The van der Waals surface area contributed by atoms with Crippen molar-refractivity contribution in [3.8, 4) is 0 Å². The molecule has 35 heavy (non-hydrogen) atoms. The molecule has 3 heterocycles. The van der Waals surface area contributed by atoms with Gasteiger partial charge in [-0.05, 0) is 65.0 Å². The predicted molar refractivity (Wildman–Crippen MR) is 127 cm³/mol. The third-order valence-electron chi connectivity index (χ3n) is 6.52. The van der Waals surface area contributed by atoms with Crippen LogP contribution in [-0.2, 0) is 14.3 Å². The summed E-state index contributed by atoms with van der Waals surface area (Å²) >= 11 is 0. The minimum Gasteiger partial charge on any atom is -0.444 e. The van der Waals surface area contributed by atoms with Crippen LogP contribution in [0.25, 0.3) is 0 Å². The van der Waals surface area contributed by atoms with E-state index in [4.69, 9.17) is 4.74 Å². The van der Waals surface area contributed by atoms with Crippen molar-refractivity contribution < 1.29 is 28.7 Å². The highest BCUT2D eigenvalue weighted by molar-refractivity contribution is 6.25. The van der Waals surface area contributed by atoms with Crippen LogP contribution in [0.2, 0.25) is 0 Å². The maximum Gasteiger partial charge on any atom is 0.410 e. The van der Waals surface area contributed by atoms with E-state index in [2.05, 4.69) is 10.6 Å². The Morgan fingerprint density at radius 1 is 1.11 bits per heavy atom. The van der Waals surface area contributed by atoms with E-state index in [1.54, 1.807) is 23.1 Å². The van der Waals surface area contributed by atoms with Crippen molar-refractivity contribution >= 4 is 35.4 Å². The number of rotatable bonds is 5. The number of benzene rings is 1. The van der Waals surface area contributed by atoms with Crippen LogP contribution in [0.1, 0.15) is 80.0 Å². The second-order valence-electron chi connectivity index (χ2n) is 10.2. The van der Waals surface area contributed by atoms with Gasteiger partial charge >= 0.3 is 6.09 Å². The monoisotopic (exact) mass is 484 g/mol. The maximum atomic E-state index is 13.2. The van der Waals surface area contributed by atoms with Gasteiger partial charge in [0.25, 0.3) is 11.8 Å². The number of hydrogen-bond donors (Lipinski definition) is 2. The van der Waals surface area contributed by atoms with Crippen LogP contribution in [0.4, 0.5) is 10.5 Å². The summed E-state index contributed by atoms with van der Waals surface area (Å²) in [4.78, 5) is 65.4. The van der Waals surface area contributed by atoms with Gasteiger partial charge in [-0.3, -0.25) is 29.4 Å². The zero-order valence-corrected chi connectivity index (χ0v) is 20.4. The lowest BCUT2D eigenvalue weighted by molar-refractivity contribution is -0.136. The zero-order valence-electron chi connectivity index (χ0n) is 20.4. The molecule has 4 rings (SSSR count). The minimum absolute atomic E-state index is 0.0140. The lowest BCUT2D eigenvalue weighted by Gasteiger charge is -2.37. The van der Waals surface area contributed by atoms with Gasteiger partial charge < -0.3 is 15.0 Å². The normalized spacial score (nSPS) is 22.7. The standard InChI is InChI=1S/C25H32N4O6/c1-25(2,3)35-24(34)28-14-5-4-7-15(28)12-13-26-17-9-6-8-16-20(17)23(33)29(22(16)32)18-10-11-19(30)27-21(18)31/h6,8-9,15,18,26H,4-5,7,10-14H2,1-3H3,(H,27,30,31). The summed E-state index contributed by atoms with van der Waals surface area (Å²) in [5.74, 6) is -2.12. The highest BCUT2D eigenvalue weighted by atomic mass is 16.6. The van der Waals surface area contributed by atoms with Crippen molar-refractivity contribution in [2.75, 3.05) is 18.4 Å². The Hall–Kier alpha value is -3.43. The summed E-state index contributed by atoms with van der Waals surface area (Å²) in [6.45, 7) is 6.67. The number of nitrogens with zero attached hydrogens (tertiary/aromatic N) is 2. The zero-order chi connectivity index (χ0) is 25.3. The molecule has 2 N–H and O–H groups in total. The Labute approximate surface area is 204 Å². The molecular weight excluding hydrogens is 452 g/mol. The van der Waals surface area contributed by atoms with E-state index in [1.807, 2.05) is 20.8 Å². The molecule has 0 aromatic heterocycles. The number of imide groups is 2. The van der Waals surface area contributed by atoms with Crippen LogP contribution in [0, 0.1) is 0 Å². The van der Waals surface area contributed by atoms with Crippen molar-refractivity contribution in [1.29, 1.82) is 0 Å². The molecule has 5 amide bonds. The third kappa shape index (κ3) is 5.16. The molecule has 1 aromatic rings. The van der Waals surface area contributed by atoms with Gasteiger partial charge in [0.2, 0.25) is 11.8 Å². The summed E-state index contributed by atoms with van der Waals surface area (Å²) in [7, 11) is 0. The van der Waals surface area contributed by atoms with Crippen LogP contribution >= 0.6 is 0 Å². The highest BCUT2D eigenvalue weighted by Crippen LogP contribution is 2.32. The van der Waals surface area contributed by atoms with Crippen LogP contribution in [0.3, 0.4) is 0 Å². The number of carbonyl (C=O) groups excluding carboxylic acids is 5. The second-order valence-corrected chi connectivity index (χ2v) is 10.2. The van der Waals surface area contributed by atoms with Gasteiger partial charge in [0.15, 0.2) is 0 Å². The minimum atomic E-state index is -1.00. The molecule has 2 saturated heterocycles. The van der Waals surface area contributed by atoms with E-state index >= 15 is 0 Å². The number of anilines is 1. The molecule has 3 aliphatic heterocycles. The van der Waals surface area contributed by atoms with Crippen LogP contribution in [0.5, 0.6) is 0 Å². The summed E-state index contributed by atoms with van der Waals surface area (Å²) in [5, 5.41) is 5.46. The van der Waals surface area contributed by atoms with Crippen molar-refractivity contribution in [2.45, 2.75) is 77.0 Å². The topological polar surface area (TPSA) is 125 Å². The molecule has 0 saturated carbocycles. The Morgan fingerprint density at radius 2 is 1.89 bits per heavy atom. The van der Waals surface area contributed by atoms with E-state index in [9.17, 15) is 24.0 Å². The van der Waals surface area contributed by atoms with E-state index in [0.717, 1.165) is 24.2 Å². The van der Waals surface area contributed by atoms with Gasteiger partial charge in [0.1, 0.15) is 11.6 Å². The summed E-state index contributed by atoms with van der Waals surface area (Å²) < 4.78 is 5.57. The van der Waals surface area contributed by atoms with Crippen molar-refractivity contribution in [3.05, 3.63) is 29.3 Å². The van der Waals surface area contributed by atoms with Crippen molar-refractivity contribution in [3.63, 3.8) is 0 Å². The lowest BCUT2D eigenvalue weighted by atomic mass is 9.99. The fourth-order valence-corrected chi connectivity index (χ4v) is 4.90. The van der Waals surface area contributed by atoms with E-state index in [1.165, 1.54) is 0 Å². The number of piperidine rings is 2. The van der Waals surface area contributed by atoms with E-state index in [-0.39, 0.29) is 36.1 Å². The molecular formula is C25H32N4O6. The summed E-state index contributed by atoms with van der Waals surface area (Å²) in [6.07, 6.45) is 3.35. The Morgan fingerprint density at radius 3 is 2.60 bits per heavy atom. The van der Waals surface area contributed by atoms with Crippen LogP contribution in [0.15, 0.2) is 18.2 Å². The predicted octanol–water partition coefficient (Wildman–Crippen LogP) is 2.68. The number of carbonyl (C=O) groups is 5. The summed E-state index contributed by atoms with van der Waals surface area (Å²) in [6, 6.07) is 3.99. The Bertz CT molecular complexity index is 1060. The SMILES string of the molecule is CC(C)(C)OC(=O)N1CCCCC1CCNc1cccc2c1C(=O)N(C1CCC(=O)NC1=O)C2=O. The van der Waals surface area contributed by atoms with Crippen LogP contribution < -0.4 is 10.6 Å². The smallest absolute Gasteiger partial charge is 0.410 e. The van der Waals surface area contributed by atoms with Gasteiger partial charge in [-0.1, -0.05) is 6.07 Å². The fraction of sp³-hybridized carbons (Fsp3) is 0.560. The molecule has 3 aliphatic rings. The average molecular weight is 485 g/mol. The summed E-state index contributed by atoms with van der Waals surface area (Å²) in [5.41, 5.74) is 0.409. The van der Waals surface area contributed by atoms with Gasteiger partial charge in [-0.25, -0.2) is 4.79 Å². The molecule has 10 heteroatoms. The largest absolute Gasteiger partial charge is 0.444 e. The average Bonchev–Trinajstić information content (AvgIpc) is 3.04. The first-order valence-corrected chi connectivity index (χ1v) is 12.1. The molecule has 2 unspecified atom stereocenters. The molecule has 1 aromatic carbocycles. The number of amides is 5. The number of likely N-dealkylation sites (tertiary alicyclic amines) is 1. The van der Waals surface area contributed by atoms with Crippen molar-refractivity contribution in [1.82, 2.24) is 15.1 Å². The van der Waals surface area contributed by atoms with Gasteiger partial charge in [-0.2, -0.15) is 0 Å². The van der Waals surface area contributed by atoms with Gasteiger partial charge in [-0.15, -0.1) is 0 Å². The highest BCUT2D eigenvalue weighted by Gasteiger charge is 2.45. The molecule has 0 aliphatic carbocycles. The lowest BCUT2D eigenvalue weighted by Crippen LogP contribution is -2.54.